The molecule has 0 aliphatic rings. The van der Waals surface area contributed by atoms with E-state index in [0.717, 1.165) is 12.8 Å². The number of rotatable bonds is 8. The largest absolute Gasteiger partial charge is 0.465 e. The van der Waals surface area contributed by atoms with Gasteiger partial charge in [0.1, 0.15) is 11.7 Å². The summed E-state index contributed by atoms with van der Waals surface area (Å²) >= 11 is 0. The number of hydrogen-bond donors (Lipinski definition) is 0. The zero-order valence-electron chi connectivity index (χ0n) is 12.8. The predicted octanol–water partition coefficient (Wildman–Crippen LogP) is 3.84. The Morgan fingerprint density at radius 2 is 1.74 bits per heavy atom. The number of hydrogen-bond acceptors (Lipinski definition) is 3. The number of carbonyl (C=O) groups is 2. The molecule has 3 heteroatoms. The molecule has 0 saturated carbocycles. The second-order valence-corrected chi connectivity index (χ2v) is 5.02. The first-order valence-corrected chi connectivity index (χ1v) is 6.84. The van der Waals surface area contributed by atoms with E-state index < -0.39 is 11.9 Å². The molecule has 1 unspecified atom stereocenters. The first kappa shape index (κ1) is 17.6. The molecule has 0 spiro atoms. The number of ketones is 1. The summed E-state index contributed by atoms with van der Waals surface area (Å²) in [6.07, 6.45) is 6.55. The molecule has 0 aliphatic carbocycles. The van der Waals surface area contributed by atoms with E-state index in [1.54, 1.807) is 6.92 Å². The smallest absolute Gasteiger partial charge is 0.316 e. The van der Waals surface area contributed by atoms with Crippen LogP contribution in [0.2, 0.25) is 0 Å². The molecule has 0 bridgehead atoms. The zero-order valence-corrected chi connectivity index (χ0v) is 12.8. The highest BCUT2D eigenvalue weighted by Gasteiger charge is 2.23. The maximum Gasteiger partial charge on any atom is 0.316 e. The normalized spacial score (nSPS) is 12.8. The minimum Gasteiger partial charge on any atom is -0.465 e. The lowest BCUT2D eigenvalue weighted by atomic mass is 9.98. The molecular weight excluding hydrogens is 240 g/mol. The third-order valence-electron chi connectivity index (χ3n) is 2.86. The van der Waals surface area contributed by atoms with Gasteiger partial charge >= 0.3 is 5.97 Å². The van der Waals surface area contributed by atoms with E-state index in [1.807, 2.05) is 13.0 Å². The van der Waals surface area contributed by atoms with E-state index >= 15 is 0 Å². The Bertz CT molecular complexity index is 360. The lowest BCUT2D eigenvalue weighted by Gasteiger charge is -2.10. The van der Waals surface area contributed by atoms with Gasteiger partial charge in [-0.1, -0.05) is 23.3 Å². The van der Waals surface area contributed by atoms with Crippen LogP contribution < -0.4 is 0 Å². The number of carbonyl (C=O) groups excluding carboxylic acids is 2. The molecule has 0 amide bonds. The van der Waals surface area contributed by atoms with E-state index in [2.05, 4.69) is 19.9 Å². The Hall–Kier alpha value is -1.38. The molecule has 0 rings (SSSR count). The molecule has 108 valence electrons. The molecule has 0 radical (unpaired) electrons. The summed E-state index contributed by atoms with van der Waals surface area (Å²) in [6, 6.07) is 0. The van der Waals surface area contributed by atoms with Crippen molar-refractivity contribution in [2.45, 2.75) is 53.9 Å². The molecule has 0 saturated heterocycles. The summed E-state index contributed by atoms with van der Waals surface area (Å²) in [5.74, 6) is -1.20. The fourth-order valence-corrected chi connectivity index (χ4v) is 1.68. The topological polar surface area (TPSA) is 43.4 Å². The van der Waals surface area contributed by atoms with Gasteiger partial charge in [0.15, 0.2) is 0 Å². The van der Waals surface area contributed by atoms with Crippen molar-refractivity contribution in [3.8, 4) is 0 Å². The van der Waals surface area contributed by atoms with Crippen LogP contribution in [0.4, 0.5) is 0 Å². The first-order chi connectivity index (χ1) is 8.88. The zero-order chi connectivity index (χ0) is 14.8. The van der Waals surface area contributed by atoms with Crippen molar-refractivity contribution in [3.63, 3.8) is 0 Å². The molecule has 3 nitrogen and oxygen atoms in total. The van der Waals surface area contributed by atoms with Crippen molar-refractivity contribution in [1.82, 2.24) is 0 Å². The summed E-state index contributed by atoms with van der Waals surface area (Å²) in [4.78, 5) is 23.1. The molecule has 0 aromatic heterocycles. The first-order valence-electron chi connectivity index (χ1n) is 6.84. The number of Topliss-reactive ketones (excluding diaryl/α,β-unsaturated/α-hetero) is 1. The molecule has 0 aromatic rings. The molecule has 0 heterocycles. The van der Waals surface area contributed by atoms with Gasteiger partial charge in [-0.05, 0) is 53.9 Å². The van der Waals surface area contributed by atoms with E-state index in [4.69, 9.17) is 4.74 Å². The molecule has 0 N–H and O–H groups in total. The van der Waals surface area contributed by atoms with Gasteiger partial charge < -0.3 is 4.74 Å². The van der Waals surface area contributed by atoms with E-state index in [9.17, 15) is 9.59 Å². The van der Waals surface area contributed by atoms with Crippen molar-refractivity contribution < 1.29 is 14.3 Å². The van der Waals surface area contributed by atoms with E-state index in [1.165, 1.54) is 18.1 Å². The predicted molar refractivity (Wildman–Crippen MR) is 77.8 cm³/mol. The standard InChI is InChI=1S/C16H26O3/c1-6-19-16(18)15(14(5)17)11-10-13(4)9-7-8-12(2)3/h8,10,15H,6-7,9,11H2,1-5H3. The van der Waals surface area contributed by atoms with Crippen molar-refractivity contribution in [3.05, 3.63) is 23.3 Å². The molecule has 19 heavy (non-hydrogen) atoms. The maximum atomic E-state index is 11.6. The van der Waals surface area contributed by atoms with Crippen LogP contribution in [0, 0.1) is 5.92 Å². The number of ether oxygens (including phenoxy) is 1. The van der Waals surface area contributed by atoms with Gasteiger partial charge in [-0.2, -0.15) is 0 Å². The van der Waals surface area contributed by atoms with Gasteiger partial charge in [0, 0.05) is 0 Å². The maximum absolute atomic E-state index is 11.6. The van der Waals surface area contributed by atoms with Gasteiger partial charge in [-0.25, -0.2) is 0 Å². The minimum absolute atomic E-state index is 0.133. The van der Waals surface area contributed by atoms with Gasteiger partial charge in [0.25, 0.3) is 0 Å². The van der Waals surface area contributed by atoms with Gasteiger partial charge in [-0.15, -0.1) is 0 Å². The second kappa shape index (κ2) is 9.54. The van der Waals surface area contributed by atoms with Gasteiger partial charge in [-0.3, -0.25) is 9.59 Å². The van der Waals surface area contributed by atoms with Crippen molar-refractivity contribution in [2.75, 3.05) is 6.61 Å². The molecular formula is C16H26O3. The summed E-state index contributed by atoms with van der Waals surface area (Å²) in [5.41, 5.74) is 2.51. The van der Waals surface area contributed by atoms with Crippen LogP contribution >= 0.6 is 0 Å². The SMILES string of the molecule is CCOC(=O)C(CC=C(C)CCC=C(C)C)C(C)=O. The summed E-state index contributed by atoms with van der Waals surface area (Å²) in [6.45, 7) is 9.67. The summed E-state index contributed by atoms with van der Waals surface area (Å²) in [7, 11) is 0. The highest BCUT2D eigenvalue weighted by atomic mass is 16.5. The monoisotopic (exact) mass is 266 g/mol. The Kier molecular flexibility index (Phi) is 8.84. The fraction of sp³-hybridized carbons (Fsp3) is 0.625. The lowest BCUT2D eigenvalue weighted by Crippen LogP contribution is -2.23. The molecule has 0 fully saturated rings. The third-order valence-corrected chi connectivity index (χ3v) is 2.86. The lowest BCUT2D eigenvalue weighted by molar-refractivity contribution is -0.150. The van der Waals surface area contributed by atoms with Crippen LogP contribution in [-0.4, -0.2) is 18.4 Å². The van der Waals surface area contributed by atoms with Crippen LogP contribution in [0.1, 0.15) is 53.9 Å². The van der Waals surface area contributed by atoms with Gasteiger partial charge in [0.2, 0.25) is 0 Å². The highest BCUT2D eigenvalue weighted by molar-refractivity contribution is 5.97. The number of allylic oxidation sites excluding steroid dienone is 4. The Morgan fingerprint density at radius 3 is 2.21 bits per heavy atom. The van der Waals surface area contributed by atoms with Crippen LogP contribution in [0.15, 0.2) is 23.3 Å². The highest BCUT2D eigenvalue weighted by Crippen LogP contribution is 2.13. The molecule has 0 aliphatic heterocycles. The minimum atomic E-state index is -0.654. The Morgan fingerprint density at radius 1 is 1.11 bits per heavy atom. The fourth-order valence-electron chi connectivity index (χ4n) is 1.68. The number of esters is 1. The Balaban J connectivity index is 4.40. The van der Waals surface area contributed by atoms with Crippen LogP contribution in [-0.2, 0) is 14.3 Å². The van der Waals surface area contributed by atoms with Crippen LogP contribution in [0.25, 0.3) is 0 Å². The van der Waals surface area contributed by atoms with Gasteiger partial charge in [0.05, 0.1) is 6.61 Å². The molecule has 0 aromatic carbocycles. The van der Waals surface area contributed by atoms with Crippen LogP contribution in [0.3, 0.4) is 0 Å². The van der Waals surface area contributed by atoms with E-state index in [-0.39, 0.29) is 5.78 Å². The van der Waals surface area contributed by atoms with Crippen molar-refractivity contribution >= 4 is 11.8 Å². The summed E-state index contributed by atoms with van der Waals surface area (Å²) in [5, 5.41) is 0. The van der Waals surface area contributed by atoms with Crippen LogP contribution in [0.5, 0.6) is 0 Å². The third kappa shape index (κ3) is 8.36. The Labute approximate surface area is 116 Å². The molecule has 1 atom stereocenters. The van der Waals surface area contributed by atoms with E-state index in [0.29, 0.717) is 13.0 Å². The quantitative estimate of drug-likeness (QED) is 0.381. The van der Waals surface area contributed by atoms with Crippen molar-refractivity contribution in [1.29, 1.82) is 0 Å². The summed E-state index contributed by atoms with van der Waals surface area (Å²) < 4.78 is 4.91. The average molecular weight is 266 g/mol. The second-order valence-electron chi connectivity index (χ2n) is 5.02. The average Bonchev–Trinajstić information content (AvgIpc) is 2.28. The van der Waals surface area contributed by atoms with Crippen molar-refractivity contribution in [2.24, 2.45) is 5.92 Å².